The summed E-state index contributed by atoms with van der Waals surface area (Å²) in [5, 5.41) is 8.96. The Labute approximate surface area is 119 Å². The van der Waals surface area contributed by atoms with Crippen molar-refractivity contribution in [1.82, 2.24) is 9.80 Å². The number of amides is 2. The molecular weight excluding hydrogens is 260 g/mol. The molecule has 1 aliphatic heterocycles. The van der Waals surface area contributed by atoms with Gasteiger partial charge in [-0.25, -0.2) is 4.79 Å². The summed E-state index contributed by atoms with van der Waals surface area (Å²) in [6, 6.07) is 0.177. The molecule has 0 spiro atoms. The van der Waals surface area contributed by atoms with Crippen molar-refractivity contribution in [3.8, 4) is 0 Å². The highest BCUT2D eigenvalue weighted by Gasteiger charge is 2.38. The Hall–Kier alpha value is -1.30. The van der Waals surface area contributed by atoms with Crippen LogP contribution in [0.1, 0.15) is 32.1 Å². The van der Waals surface area contributed by atoms with Gasteiger partial charge in [0.15, 0.2) is 0 Å². The van der Waals surface area contributed by atoms with Crippen LogP contribution in [-0.4, -0.2) is 66.3 Å². The lowest BCUT2D eigenvalue weighted by molar-refractivity contribution is -0.137. The predicted octanol–water partition coefficient (Wildman–Crippen LogP) is 1.40. The predicted molar refractivity (Wildman–Crippen MR) is 73.5 cm³/mol. The number of carboxylic acid groups (broad SMARTS) is 1. The molecule has 1 heterocycles. The number of likely N-dealkylation sites (tertiary alicyclic amines) is 1. The van der Waals surface area contributed by atoms with E-state index in [4.69, 9.17) is 9.84 Å². The van der Waals surface area contributed by atoms with Crippen molar-refractivity contribution in [3.63, 3.8) is 0 Å². The van der Waals surface area contributed by atoms with Crippen LogP contribution in [0.5, 0.6) is 0 Å². The average molecular weight is 284 g/mol. The molecule has 6 heteroatoms. The maximum absolute atomic E-state index is 12.6. The van der Waals surface area contributed by atoms with Gasteiger partial charge in [-0.3, -0.25) is 4.79 Å². The van der Waals surface area contributed by atoms with Crippen molar-refractivity contribution in [2.45, 2.75) is 38.1 Å². The lowest BCUT2D eigenvalue weighted by Gasteiger charge is -2.40. The van der Waals surface area contributed by atoms with E-state index in [1.807, 2.05) is 4.90 Å². The van der Waals surface area contributed by atoms with Crippen molar-refractivity contribution in [2.24, 2.45) is 5.92 Å². The highest BCUT2D eigenvalue weighted by Crippen LogP contribution is 2.37. The number of carbonyl (C=O) groups excluding carboxylic acids is 1. The van der Waals surface area contributed by atoms with Gasteiger partial charge in [0.1, 0.15) is 6.54 Å². The number of methoxy groups -OCH3 is 1. The minimum atomic E-state index is -0.977. The fourth-order valence-electron chi connectivity index (χ4n) is 3.48. The molecule has 114 valence electrons. The van der Waals surface area contributed by atoms with E-state index in [0.29, 0.717) is 25.1 Å². The van der Waals surface area contributed by atoms with Gasteiger partial charge >= 0.3 is 12.0 Å². The number of hydrogen-bond donors (Lipinski definition) is 1. The molecule has 2 fully saturated rings. The number of rotatable bonds is 5. The Balaban J connectivity index is 2.02. The zero-order valence-electron chi connectivity index (χ0n) is 12.1. The number of nitrogens with zero attached hydrogens (tertiary/aromatic N) is 2. The lowest BCUT2D eigenvalue weighted by Crippen LogP contribution is -2.53. The van der Waals surface area contributed by atoms with Gasteiger partial charge in [0, 0.05) is 26.2 Å². The molecule has 6 nitrogen and oxygen atoms in total. The van der Waals surface area contributed by atoms with E-state index in [0.717, 1.165) is 19.4 Å². The Morgan fingerprint density at radius 3 is 2.75 bits per heavy atom. The van der Waals surface area contributed by atoms with Gasteiger partial charge in [-0.1, -0.05) is 6.42 Å². The number of carboxylic acids is 1. The van der Waals surface area contributed by atoms with Gasteiger partial charge in [0.2, 0.25) is 0 Å². The van der Waals surface area contributed by atoms with Crippen molar-refractivity contribution in [1.29, 1.82) is 0 Å². The molecule has 20 heavy (non-hydrogen) atoms. The summed E-state index contributed by atoms with van der Waals surface area (Å²) in [5.41, 5.74) is 0. The van der Waals surface area contributed by atoms with Gasteiger partial charge in [-0.05, 0) is 31.6 Å². The number of urea groups is 1. The van der Waals surface area contributed by atoms with E-state index < -0.39 is 5.97 Å². The monoisotopic (exact) mass is 284 g/mol. The molecule has 2 unspecified atom stereocenters. The standard InChI is InChI=1S/C14H24N2O4/c1-20-9-8-15(10-13(17)18)14(19)16-7-3-5-11-4-2-6-12(11)16/h11-12H,2-10H2,1H3,(H,17,18). The molecule has 2 amide bonds. The highest BCUT2D eigenvalue weighted by molar-refractivity contribution is 5.80. The first-order valence-corrected chi connectivity index (χ1v) is 7.39. The second-order valence-electron chi connectivity index (χ2n) is 5.68. The molecule has 1 saturated carbocycles. The SMILES string of the molecule is COCCN(CC(=O)O)C(=O)N1CCCC2CCCC21. The van der Waals surface area contributed by atoms with E-state index in [1.54, 1.807) is 7.11 Å². The normalized spacial score (nSPS) is 25.4. The van der Waals surface area contributed by atoms with E-state index >= 15 is 0 Å². The van der Waals surface area contributed by atoms with E-state index in [-0.39, 0.29) is 12.6 Å². The van der Waals surface area contributed by atoms with Gasteiger partial charge in [0.25, 0.3) is 0 Å². The van der Waals surface area contributed by atoms with Gasteiger partial charge in [0.05, 0.1) is 6.61 Å². The molecule has 2 aliphatic rings. The first kappa shape index (κ1) is 15.1. The minimum Gasteiger partial charge on any atom is -0.480 e. The molecular formula is C14H24N2O4. The summed E-state index contributed by atoms with van der Waals surface area (Å²) >= 11 is 0. The molecule has 0 aromatic heterocycles. The second-order valence-corrected chi connectivity index (χ2v) is 5.68. The second kappa shape index (κ2) is 6.92. The summed E-state index contributed by atoms with van der Waals surface area (Å²) in [4.78, 5) is 26.8. The van der Waals surface area contributed by atoms with Crippen LogP contribution in [0.4, 0.5) is 4.79 Å². The minimum absolute atomic E-state index is 0.138. The highest BCUT2D eigenvalue weighted by atomic mass is 16.5. The summed E-state index contributed by atoms with van der Waals surface area (Å²) in [5.74, 6) is -0.365. The lowest BCUT2D eigenvalue weighted by atomic mass is 9.92. The topological polar surface area (TPSA) is 70.1 Å². The summed E-state index contributed by atoms with van der Waals surface area (Å²) < 4.78 is 4.97. The van der Waals surface area contributed by atoms with Crippen LogP contribution in [0.3, 0.4) is 0 Å². The molecule has 2 atom stereocenters. The zero-order valence-corrected chi connectivity index (χ0v) is 12.1. The maximum Gasteiger partial charge on any atom is 0.323 e. The number of piperidine rings is 1. The van der Waals surface area contributed by atoms with Crippen molar-refractivity contribution < 1.29 is 19.4 Å². The van der Waals surface area contributed by atoms with Crippen LogP contribution < -0.4 is 0 Å². The third-order valence-corrected chi connectivity index (χ3v) is 4.40. The van der Waals surface area contributed by atoms with E-state index in [1.165, 1.54) is 24.2 Å². The average Bonchev–Trinajstić information content (AvgIpc) is 2.90. The van der Waals surface area contributed by atoms with Crippen LogP contribution in [0.25, 0.3) is 0 Å². The first-order valence-electron chi connectivity index (χ1n) is 7.39. The van der Waals surface area contributed by atoms with Crippen molar-refractivity contribution in [3.05, 3.63) is 0 Å². The molecule has 0 bridgehead atoms. The Morgan fingerprint density at radius 2 is 2.05 bits per heavy atom. The number of fused-ring (bicyclic) bond motifs is 1. The van der Waals surface area contributed by atoms with Crippen LogP contribution >= 0.6 is 0 Å². The van der Waals surface area contributed by atoms with Crippen LogP contribution in [0, 0.1) is 5.92 Å². The molecule has 0 radical (unpaired) electrons. The maximum atomic E-state index is 12.6. The van der Waals surface area contributed by atoms with Gasteiger partial charge < -0.3 is 19.6 Å². The number of hydrogen-bond acceptors (Lipinski definition) is 3. The fraction of sp³-hybridized carbons (Fsp3) is 0.857. The summed E-state index contributed by atoms with van der Waals surface area (Å²) in [7, 11) is 1.55. The molecule has 1 N–H and O–H groups in total. The number of aliphatic carboxylic acids is 1. The third kappa shape index (κ3) is 3.42. The molecule has 1 saturated heterocycles. The summed E-state index contributed by atoms with van der Waals surface area (Å²) in [6.07, 6.45) is 5.66. The van der Waals surface area contributed by atoms with Crippen LogP contribution in [0.15, 0.2) is 0 Å². The molecule has 1 aliphatic carbocycles. The van der Waals surface area contributed by atoms with Crippen LogP contribution in [0.2, 0.25) is 0 Å². The largest absolute Gasteiger partial charge is 0.480 e. The number of ether oxygens (including phenoxy) is 1. The quantitative estimate of drug-likeness (QED) is 0.828. The van der Waals surface area contributed by atoms with Gasteiger partial charge in [-0.2, -0.15) is 0 Å². The van der Waals surface area contributed by atoms with Crippen molar-refractivity contribution in [2.75, 3.05) is 33.4 Å². The molecule has 2 rings (SSSR count). The van der Waals surface area contributed by atoms with E-state index in [2.05, 4.69) is 0 Å². The Bertz CT molecular complexity index is 361. The van der Waals surface area contributed by atoms with Crippen molar-refractivity contribution >= 4 is 12.0 Å². The Kier molecular flexibility index (Phi) is 5.23. The number of carbonyl (C=O) groups is 2. The van der Waals surface area contributed by atoms with Gasteiger partial charge in [-0.15, -0.1) is 0 Å². The van der Waals surface area contributed by atoms with Crippen LogP contribution in [-0.2, 0) is 9.53 Å². The molecule has 0 aromatic rings. The smallest absolute Gasteiger partial charge is 0.323 e. The zero-order chi connectivity index (χ0) is 14.5. The summed E-state index contributed by atoms with van der Waals surface area (Å²) in [6.45, 7) is 1.19. The molecule has 0 aromatic carbocycles. The Morgan fingerprint density at radius 1 is 1.30 bits per heavy atom. The van der Waals surface area contributed by atoms with E-state index in [9.17, 15) is 9.59 Å². The fourth-order valence-corrected chi connectivity index (χ4v) is 3.48. The first-order chi connectivity index (χ1) is 9.63. The third-order valence-electron chi connectivity index (χ3n) is 4.40.